The van der Waals surface area contributed by atoms with Crippen LogP contribution in [0.5, 0.6) is 0 Å². The summed E-state index contributed by atoms with van der Waals surface area (Å²) >= 11 is 0. The van der Waals surface area contributed by atoms with Crippen molar-refractivity contribution in [3.8, 4) is 0 Å². The van der Waals surface area contributed by atoms with Crippen molar-refractivity contribution in [2.75, 3.05) is 26.7 Å². The fourth-order valence-corrected chi connectivity index (χ4v) is 1.76. The Morgan fingerprint density at radius 2 is 1.80 bits per heavy atom. The molecule has 1 unspecified atom stereocenters. The highest BCUT2D eigenvalue weighted by molar-refractivity contribution is 4.66. The van der Waals surface area contributed by atoms with Gasteiger partial charge in [0.15, 0.2) is 0 Å². The van der Waals surface area contributed by atoms with Gasteiger partial charge < -0.3 is 10.2 Å². The molecule has 0 aliphatic heterocycles. The zero-order valence-corrected chi connectivity index (χ0v) is 11.3. The average Bonchev–Trinajstić information content (AvgIpc) is 2.16. The lowest BCUT2D eigenvalue weighted by Crippen LogP contribution is -2.36. The minimum Gasteiger partial charge on any atom is -0.315 e. The lowest BCUT2D eigenvalue weighted by Gasteiger charge is -2.26. The van der Waals surface area contributed by atoms with Gasteiger partial charge in [0.1, 0.15) is 0 Å². The molecule has 0 aromatic heterocycles. The molecule has 0 saturated heterocycles. The van der Waals surface area contributed by atoms with Gasteiger partial charge in [0, 0.05) is 19.1 Å². The summed E-state index contributed by atoms with van der Waals surface area (Å²) in [6.45, 7) is 12.6. The van der Waals surface area contributed by atoms with Crippen LogP contribution < -0.4 is 5.32 Å². The molecule has 92 valence electrons. The van der Waals surface area contributed by atoms with Crippen molar-refractivity contribution in [3.63, 3.8) is 0 Å². The number of likely N-dealkylation sites (N-methyl/N-ethyl adjacent to an activating group) is 1. The summed E-state index contributed by atoms with van der Waals surface area (Å²) in [5, 5.41) is 3.48. The SMILES string of the molecule is CCCCNCCN(C)C(C)CC(C)C. The van der Waals surface area contributed by atoms with Crippen LogP contribution in [0, 0.1) is 5.92 Å². The first-order valence-corrected chi connectivity index (χ1v) is 6.48. The smallest absolute Gasteiger partial charge is 0.0107 e. The van der Waals surface area contributed by atoms with Crippen LogP contribution in [0.3, 0.4) is 0 Å². The molecule has 15 heavy (non-hydrogen) atoms. The maximum Gasteiger partial charge on any atom is 0.0107 e. The second-order valence-electron chi connectivity index (χ2n) is 5.06. The van der Waals surface area contributed by atoms with Crippen LogP contribution in [-0.2, 0) is 0 Å². The molecule has 0 aromatic carbocycles. The van der Waals surface area contributed by atoms with E-state index < -0.39 is 0 Å². The first-order chi connectivity index (χ1) is 7.07. The fourth-order valence-electron chi connectivity index (χ4n) is 1.76. The molecule has 0 saturated carbocycles. The van der Waals surface area contributed by atoms with E-state index in [1.165, 1.54) is 25.8 Å². The number of hydrogen-bond acceptors (Lipinski definition) is 2. The highest BCUT2D eigenvalue weighted by atomic mass is 15.1. The minimum atomic E-state index is 0.706. The van der Waals surface area contributed by atoms with Crippen LogP contribution in [0.15, 0.2) is 0 Å². The topological polar surface area (TPSA) is 15.3 Å². The predicted molar refractivity (Wildman–Crippen MR) is 69.3 cm³/mol. The molecule has 2 heteroatoms. The Morgan fingerprint density at radius 1 is 1.13 bits per heavy atom. The maximum atomic E-state index is 3.48. The summed E-state index contributed by atoms with van der Waals surface area (Å²) in [5.41, 5.74) is 0. The van der Waals surface area contributed by atoms with Gasteiger partial charge >= 0.3 is 0 Å². The van der Waals surface area contributed by atoms with Crippen molar-refractivity contribution in [2.24, 2.45) is 5.92 Å². The molecule has 0 aliphatic rings. The normalized spacial score (nSPS) is 13.8. The van der Waals surface area contributed by atoms with Gasteiger partial charge in [-0.1, -0.05) is 27.2 Å². The monoisotopic (exact) mass is 214 g/mol. The van der Waals surface area contributed by atoms with Crippen LogP contribution in [0.1, 0.15) is 47.0 Å². The second kappa shape index (κ2) is 9.17. The predicted octanol–water partition coefficient (Wildman–Crippen LogP) is 2.74. The average molecular weight is 214 g/mol. The standard InChI is InChI=1S/C13H30N2/c1-6-7-8-14-9-10-15(5)13(4)11-12(2)3/h12-14H,6-11H2,1-5H3. The Morgan fingerprint density at radius 3 is 2.33 bits per heavy atom. The molecular formula is C13H30N2. The van der Waals surface area contributed by atoms with E-state index in [0.717, 1.165) is 19.0 Å². The molecule has 0 radical (unpaired) electrons. The summed E-state index contributed by atoms with van der Waals surface area (Å²) in [6.07, 6.45) is 3.88. The van der Waals surface area contributed by atoms with Crippen molar-refractivity contribution in [2.45, 2.75) is 53.0 Å². The quantitative estimate of drug-likeness (QED) is 0.594. The molecule has 0 aromatic rings. The summed E-state index contributed by atoms with van der Waals surface area (Å²) in [7, 11) is 2.23. The maximum absolute atomic E-state index is 3.48. The third kappa shape index (κ3) is 8.88. The first kappa shape index (κ1) is 14.9. The van der Waals surface area contributed by atoms with E-state index in [0.29, 0.717) is 6.04 Å². The van der Waals surface area contributed by atoms with Gasteiger partial charge in [-0.15, -0.1) is 0 Å². The Hall–Kier alpha value is -0.0800. The number of rotatable bonds is 9. The summed E-state index contributed by atoms with van der Waals surface area (Å²) < 4.78 is 0. The molecule has 1 N–H and O–H groups in total. The van der Waals surface area contributed by atoms with Crippen molar-refractivity contribution >= 4 is 0 Å². The molecule has 0 fully saturated rings. The van der Waals surface area contributed by atoms with E-state index in [2.05, 4.69) is 45.0 Å². The van der Waals surface area contributed by atoms with Crippen molar-refractivity contribution in [3.05, 3.63) is 0 Å². The van der Waals surface area contributed by atoms with E-state index in [1.54, 1.807) is 0 Å². The van der Waals surface area contributed by atoms with Gasteiger partial charge in [0.05, 0.1) is 0 Å². The van der Waals surface area contributed by atoms with Crippen molar-refractivity contribution in [1.82, 2.24) is 10.2 Å². The summed E-state index contributed by atoms with van der Waals surface area (Å²) in [6, 6.07) is 0.706. The third-order valence-electron chi connectivity index (χ3n) is 2.91. The lowest BCUT2D eigenvalue weighted by atomic mass is 10.0. The van der Waals surface area contributed by atoms with Crippen LogP contribution in [0.4, 0.5) is 0 Å². The van der Waals surface area contributed by atoms with Gasteiger partial charge in [0.2, 0.25) is 0 Å². The number of nitrogens with one attached hydrogen (secondary N) is 1. The van der Waals surface area contributed by atoms with Crippen LogP contribution in [0.25, 0.3) is 0 Å². The van der Waals surface area contributed by atoms with Crippen LogP contribution in [-0.4, -0.2) is 37.6 Å². The van der Waals surface area contributed by atoms with Crippen LogP contribution >= 0.6 is 0 Å². The highest BCUT2D eigenvalue weighted by Gasteiger charge is 2.09. The number of nitrogens with zero attached hydrogens (tertiary/aromatic N) is 1. The molecule has 0 spiro atoms. The molecule has 1 atom stereocenters. The fraction of sp³-hybridized carbons (Fsp3) is 1.00. The van der Waals surface area contributed by atoms with Crippen molar-refractivity contribution < 1.29 is 0 Å². The van der Waals surface area contributed by atoms with E-state index in [9.17, 15) is 0 Å². The summed E-state index contributed by atoms with van der Waals surface area (Å²) in [4.78, 5) is 2.46. The molecule has 0 bridgehead atoms. The van der Waals surface area contributed by atoms with Gasteiger partial charge in [-0.2, -0.15) is 0 Å². The molecule has 0 heterocycles. The number of hydrogen-bond donors (Lipinski definition) is 1. The Balaban J connectivity index is 3.42. The molecule has 0 aliphatic carbocycles. The largest absolute Gasteiger partial charge is 0.315 e. The summed E-state index contributed by atoms with van der Waals surface area (Å²) in [5.74, 6) is 0.801. The van der Waals surface area contributed by atoms with E-state index in [4.69, 9.17) is 0 Å². The minimum absolute atomic E-state index is 0.706. The zero-order chi connectivity index (χ0) is 11.7. The van der Waals surface area contributed by atoms with Gasteiger partial charge in [-0.05, 0) is 39.3 Å². The Bertz CT molecular complexity index is 134. The first-order valence-electron chi connectivity index (χ1n) is 6.48. The van der Waals surface area contributed by atoms with E-state index in [1.807, 2.05) is 0 Å². The highest BCUT2D eigenvalue weighted by Crippen LogP contribution is 2.08. The third-order valence-corrected chi connectivity index (χ3v) is 2.91. The van der Waals surface area contributed by atoms with Gasteiger partial charge in [0.25, 0.3) is 0 Å². The Kier molecular flexibility index (Phi) is 9.12. The van der Waals surface area contributed by atoms with Crippen LogP contribution in [0.2, 0.25) is 0 Å². The van der Waals surface area contributed by atoms with Crippen molar-refractivity contribution in [1.29, 1.82) is 0 Å². The van der Waals surface area contributed by atoms with Gasteiger partial charge in [-0.25, -0.2) is 0 Å². The van der Waals surface area contributed by atoms with Gasteiger partial charge in [-0.3, -0.25) is 0 Å². The Labute approximate surface area is 96.4 Å². The lowest BCUT2D eigenvalue weighted by molar-refractivity contribution is 0.228. The zero-order valence-electron chi connectivity index (χ0n) is 11.3. The molecule has 0 rings (SSSR count). The van der Waals surface area contributed by atoms with E-state index in [-0.39, 0.29) is 0 Å². The molecule has 2 nitrogen and oxygen atoms in total. The molecule has 0 amide bonds. The number of unbranched alkanes of at least 4 members (excludes halogenated alkanes) is 1. The van der Waals surface area contributed by atoms with E-state index >= 15 is 0 Å². The second-order valence-corrected chi connectivity index (χ2v) is 5.06. The molecular weight excluding hydrogens is 184 g/mol.